The van der Waals surface area contributed by atoms with E-state index < -0.39 is 23.4 Å². The molecule has 0 atom stereocenters. The molecule has 19 heavy (non-hydrogen) atoms. The maximum absolute atomic E-state index is 11.8. The van der Waals surface area contributed by atoms with Gasteiger partial charge < -0.3 is 15.6 Å². The number of H-pyrrole nitrogens is 1. The van der Waals surface area contributed by atoms with E-state index >= 15 is 0 Å². The number of nitrogens with one attached hydrogen (secondary N) is 3. The van der Waals surface area contributed by atoms with Crippen LogP contribution in [0.4, 0.5) is 4.79 Å². The fourth-order valence-corrected chi connectivity index (χ4v) is 1.74. The lowest BCUT2D eigenvalue weighted by atomic mass is 10.1. The van der Waals surface area contributed by atoms with Gasteiger partial charge in [0.1, 0.15) is 17.9 Å². The van der Waals surface area contributed by atoms with Crippen molar-refractivity contribution in [3.8, 4) is 0 Å². The SMILES string of the molecule is CC1(C)NC(=O)N(CC(=O)NCc2ncc[nH]2)C1=O. The minimum atomic E-state index is -0.960. The molecule has 0 spiro atoms. The molecule has 1 aliphatic rings. The molecule has 0 bridgehead atoms. The van der Waals surface area contributed by atoms with Gasteiger partial charge >= 0.3 is 6.03 Å². The number of urea groups is 1. The molecule has 3 N–H and O–H groups in total. The van der Waals surface area contributed by atoms with Crippen LogP contribution in [0, 0.1) is 0 Å². The third-order valence-electron chi connectivity index (χ3n) is 2.75. The normalized spacial score (nSPS) is 17.5. The molecule has 2 heterocycles. The second-order valence-electron chi connectivity index (χ2n) is 4.76. The number of imidazole rings is 1. The summed E-state index contributed by atoms with van der Waals surface area (Å²) in [5.41, 5.74) is -0.960. The topological polar surface area (TPSA) is 107 Å². The van der Waals surface area contributed by atoms with Crippen LogP contribution in [0.3, 0.4) is 0 Å². The van der Waals surface area contributed by atoms with Gasteiger partial charge in [-0.3, -0.25) is 14.5 Å². The summed E-state index contributed by atoms with van der Waals surface area (Å²) in [5.74, 6) is -0.228. The van der Waals surface area contributed by atoms with Gasteiger partial charge in [0.25, 0.3) is 5.91 Å². The van der Waals surface area contributed by atoms with Crippen molar-refractivity contribution in [3.63, 3.8) is 0 Å². The summed E-state index contributed by atoms with van der Waals surface area (Å²) in [4.78, 5) is 42.8. The maximum atomic E-state index is 11.8. The van der Waals surface area contributed by atoms with Crippen molar-refractivity contribution in [2.45, 2.75) is 25.9 Å². The summed E-state index contributed by atoms with van der Waals surface area (Å²) in [6, 6.07) is -0.553. The molecule has 1 fully saturated rings. The van der Waals surface area contributed by atoms with E-state index in [0.717, 1.165) is 4.90 Å². The Labute approximate surface area is 109 Å². The van der Waals surface area contributed by atoms with Crippen LogP contribution in [-0.4, -0.2) is 44.8 Å². The van der Waals surface area contributed by atoms with Crippen LogP contribution < -0.4 is 10.6 Å². The van der Waals surface area contributed by atoms with Crippen molar-refractivity contribution >= 4 is 17.8 Å². The third-order valence-corrected chi connectivity index (χ3v) is 2.75. The number of rotatable bonds is 4. The van der Waals surface area contributed by atoms with Gasteiger partial charge in [-0.2, -0.15) is 0 Å². The zero-order chi connectivity index (χ0) is 14.0. The van der Waals surface area contributed by atoms with Crippen LogP contribution in [0.1, 0.15) is 19.7 Å². The average molecular weight is 265 g/mol. The quantitative estimate of drug-likeness (QED) is 0.629. The number of nitrogens with zero attached hydrogens (tertiary/aromatic N) is 2. The molecular weight excluding hydrogens is 250 g/mol. The lowest BCUT2D eigenvalue weighted by Crippen LogP contribution is -2.43. The molecule has 102 valence electrons. The van der Waals surface area contributed by atoms with Gasteiger partial charge in [-0.1, -0.05) is 0 Å². The number of hydrogen-bond donors (Lipinski definition) is 3. The summed E-state index contributed by atoms with van der Waals surface area (Å²) in [6.07, 6.45) is 3.21. The zero-order valence-electron chi connectivity index (χ0n) is 10.7. The van der Waals surface area contributed by atoms with Crippen molar-refractivity contribution in [1.82, 2.24) is 25.5 Å². The van der Waals surface area contributed by atoms with E-state index in [9.17, 15) is 14.4 Å². The van der Waals surface area contributed by atoms with Crippen molar-refractivity contribution in [1.29, 1.82) is 0 Å². The van der Waals surface area contributed by atoms with Crippen molar-refractivity contribution in [2.75, 3.05) is 6.54 Å². The van der Waals surface area contributed by atoms with E-state index in [-0.39, 0.29) is 13.1 Å². The molecule has 0 saturated carbocycles. The monoisotopic (exact) mass is 265 g/mol. The van der Waals surface area contributed by atoms with Crippen LogP contribution in [0.5, 0.6) is 0 Å². The molecular formula is C11H15N5O3. The highest BCUT2D eigenvalue weighted by molar-refractivity contribution is 6.08. The minimum Gasteiger partial charge on any atom is -0.347 e. The van der Waals surface area contributed by atoms with Gasteiger partial charge in [0.2, 0.25) is 5.91 Å². The fraction of sp³-hybridized carbons (Fsp3) is 0.455. The molecule has 2 rings (SSSR count). The van der Waals surface area contributed by atoms with Gasteiger partial charge in [0.05, 0.1) is 6.54 Å². The molecule has 4 amide bonds. The molecule has 1 aliphatic heterocycles. The van der Waals surface area contributed by atoms with E-state index in [1.54, 1.807) is 26.2 Å². The van der Waals surface area contributed by atoms with E-state index in [4.69, 9.17) is 0 Å². The van der Waals surface area contributed by atoms with Crippen LogP contribution in [0.25, 0.3) is 0 Å². The Bertz CT molecular complexity index is 508. The fourth-order valence-electron chi connectivity index (χ4n) is 1.74. The summed E-state index contributed by atoms with van der Waals surface area (Å²) < 4.78 is 0. The van der Waals surface area contributed by atoms with Crippen LogP contribution in [-0.2, 0) is 16.1 Å². The first kappa shape index (κ1) is 13.1. The van der Waals surface area contributed by atoms with Crippen molar-refractivity contribution in [2.24, 2.45) is 0 Å². The van der Waals surface area contributed by atoms with Gasteiger partial charge in [0, 0.05) is 12.4 Å². The van der Waals surface area contributed by atoms with Crippen molar-refractivity contribution in [3.05, 3.63) is 18.2 Å². The highest BCUT2D eigenvalue weighted by Gasteiger charge is 2.44. The van der Waals surface area contributed by atoms with Gasteiger partial charge in [0.15, 0.2) is 0 Å². The molecule has 1 saturated heterocycles. The predicted molar refractivity (Wildman–Crippen MR) is 64.8 cm³/mol. The Morgan fingerprint density at radius 1 is 1.47 bits per heavy atom. The van der Waals surface area contributed by atoms with E-state index in [0.29, 0.717) is 5.82 Å². The summed E-state index contributed by atoms with van der Waals surface area (Å²) in [7, 11) is 0. The molecule has 8 nitrogen and oxygen atoms in total. The highest BCUT2D eigenvalue weighted by Crippen LogP contribution is 2.15. The largest absolute Gasteiger partial charge is 0.347 e. The third kappa shape index (κ3) is 2.72. The molecule has 8 heteroatoms. The lowest BCUT2D eigenvalue weighted by Gasteiger charge is -2.15. The smallest absolute Gasteiger partial charge is 0.325 e. The van der Waals surface area contributed by atoms with Gasteiger partial charge in [-0.15, -0.1) is 0 Å². The van der Waals surface area contributed by atoms with Gasteiger partial charge in [-0.25, -0.2) is 9.78 Å². The minimum absolute atomic E-state index is 0.221. The van der Waals surface area contributed by atoms with Gasteiger partial charge in [-0.05, 0) is 13.8 Å². The second-order valence-corrected chi connectivity index (χ2v) is 4.76. The number of aromatic amines is 1. The van der Waals surface area contributed by atoms with E-state index in [2.05, 4.69) is 20.6 Å². The maximum Gasteiger partial charge on any atom is 0.325 e. The first-order valence-corrected chi connectivity index (χ1v) is 5.79. The molecule has 0 radical (unpaired) electrons. The molecule has 0 unspecified atom stereocenters. The Morgan fingerprint density at radius 2 is 2.21 bits per heavy atom. The lowest BCUT2D eigenvalue weighted by molar-refractivity contribution is -0.134. The van der Waals surface area contributed by atoms with E-state index in [1.807, 2.05) is 0 Å². The number of imide groups is 1. The molecule has 1 aromatic heterocycles. The number of carbonyl (C=O) groups excluding carboxylic acids is 3. The Balaban J connectivity index is 1.89. The Morgan fingerprint density at radius 3 is 2.74 bits per heavy atom. The summed E-state index contributed by atoms with van der Waals surface area (Å²) >= 11 is 0. The highest BCUT2D eigenvalue weighted by atomic mass is 16.2. The summed E-state index contributed by atoms with van der Waals surface area (Å²) in [6.45, 7) is 3.11. The Kier molecular flexibility index (Phi) is 3.24. The standard InChI is InChI=1S/C11H15N5O3/c1-11(2)9(18)16(10(19)15-11)6-8(17)14-5-7-12-3-4-13-7/h3-4H,5-6H2,1-2H3,(H,12,13)(H,14,17)(H,15,19). The Hall–Kier alpha value is -2.38. The summed E-state index contributed by atoms with van der Waals surface area (Å²) in [5, 5.41) is 5.08. The van der Waals surface area contributed by atoms with E-state index in [1.165, 1.54) is 0 Å². The van der Waals surface area contributed by atoms with Crippen LogP contribution >= 0.6 is 0 Å². The zero-order valence-corrected chi connectivity index (χ0v) is 10.7. The number of carbonyl (C=O) groups is 3. The second kappa shape index (κ2) is 4.71. The molecule has 0 aliphatic carbocycles. The first-order chi connectivity index (χ1) is 8.90. The number of amides is 4. The molecule has 0 aromatic carbocycles. The first-order valence-electron chi connectivity index (χ1n) is 5.79. The molecule has 1 aromatic rings. The van der Waals surface area contributed by atoms with Crippen LogP contribution in [0.2, 0.25) is 0 Å². The average Bonchev–Trinajstić information content (AvgIpc) is 2.90. The number of aromatic nitrogens is 2. The van der Waals surface area contributed by atoms with Crippen LogP contribution in [0.15, 0.2) is 12.4 Å². The van der Waals surface area contributed by atoms with Crippen molar-refractivity contribution < 1.29 is 14.4 Å². The number of hydrogen-bond acceptors (Lipinski definition) is 4. The predicted octanol–water partition coefficient (Wildman–Crippen LogP) is -0.644.